The van der Waals surface area contributed by atoms with Gasteiger partial charge in [0.25, 0.3) is 0 Å². The van der Waals surface area contributed by atoms with Crippen molar-refractivity contribution in [2.45, 2.75) is 39.7 Å². The van der Waals surface area contributed by atoms with Crippen LogP contribution in [0.25, 0.3) is 5.57 Å². The third-order valence-corrected chi connectivity index (χ3v) is 5.75. The highest BCUT2D eigenvalue weighted by Gasteiger charge is 2.23. The summed E-state index contributed by atoms with van der Waals surface area (Å²) in [6.45, 7) is 6.08. The molecule has 2 aliphatic carbocycles. The van der Waals surface area contributed by atoms with Crippen LogP contribution in [-0.2, 0) is 0 Å². The van der Waals surface area contributed by atoms with Crippen LogP contribution in [0.4, 0.5) is 0 Å². The minimum atomic E-state index is -0.402. The molecule has 0 N–H and O–H groups in total. The first kappa shape index (κ1) is 22.1. The van der Waals surface area contributed by atoms with Gasteiger partial charge in [-0.1, -0.05) is 84.4 Å². The summed E-state index contributed by atoms with van der Waals surface area (Å²) in [5, 5.41) is 0. The molecule has 2 unspecified atom stereocenters. The zero-order chi connectivity index (χ0) is 23.0. The highest BCUT2D eigenvalue weighted by Crippen LogP contribution is 2.33. The Kier molecular flexibility index (Phi) is 7.05. The van der Waals surface area contributed by atoms with Crippen molar-refractivity contribution in [3.63, 3.8) is 0 Å². The minimum Gasteiger partial charge on any atom is -0.262 e. The number of hydrogen-bond acceptors (Lipinski definition) is 2. The molecule has 33 heavy (non-hydrogen) atoms. The largest absolute Gasteiger partial charge is 0.262 e. The van der Waals surface area contributed by atoms with Gasteiger partial charge in [0.1, 0.15) is 0 Å². The summed E-state index contributed by atoms with van der Waals surface area (Å²) in [4.78, 5) is 9.37. The lowest BCUT2D eigenvalue weighted by atomic mass is 9.85. The van der Waals surface area contributed by atoms with E-state index in [9.17, 15) is 0 Å². The molecule has 0 fully saturated rings. The van der Waals surface area contributed by atoms with Gasteiger partial charge in [0, 0.05) is 36.1 Å². The van der Waals surface area contributed by atoms with Gasteiger partial charge in [-0.15, -0.1) is 0 Å². The topological polar surface area (TPSA) is 24.7 Å². The number of rotatable bonds is 4. The number of aliphatic imine (C=N–C) groups is 2. The quantitative estimate of drug-likeness (QED) is 0.305. The third kappa shape index (κ3) is 4.90. The monoisotopic (exact) mass is 426 g/mol. The van der Waals surface area contributed by atoms with Crippen molar-refractivity contribution >= 4 is 17.7 Å². The standard InChI is InChI=1S/C31H26N2/c1-4-26(24-14-9-7-6-8-10-15-24)29-19-17-25-18-20-30(31(29)32-5-2)33-22-21-28(25)27-16-12-11-13-23(27)3/h4-5,7,9,11-14,16-17,19,25,30H,6,15H2,1-3H3/b9-7-,19-17-,24-14+,26-4-,31-29-,32-5?. The number of nitrogens with zero attached hydrogens (tertiary/aromatic N) is 2. The molecule has 1 aromatic rings. The van der Waals surface area contributed by atoms with Crippen LogP contribution in [0.2, 0.25) is 0 Å². The molecule has 160 valence electrons. The highest BCUT2D eigenvalue weighted by molar-refractivity contribution is 5.79. The van der Waals surface area contributed by atoms with Crippen LogP contribution >= 0.6 is 0 Å². The Morgan fingerprint density at radius 3 is 2.85 bits per heavy atom. The maximum Gasteiger partial charge on any atom is 0.163 e. The van der Waals surface area contributed by atoms with E-state index in [1.165, 1.54) is 11.1 Å². The Hall–Kier alpha value is -4.06. The molecule has 1 aliphatic heterocycles. The zero-order valence-corrected chi connectivity index (χ0v) is 19.3. The predicted octanol–water partition coefficient (Wildman–Crippen LogP) is 6.35. The van der Waals surface area contributed by atoms with Crippen LogP contribution in [-0.4, -0.2) is 18.1 Å². The molecule has 4 rings (SSSR count). The van der Waals surface area contributed by atoms with Gasteiger partial charge in [-0.25, -0.2) is 4.99 Å². The van der Waals surface area contributed by atoms with E-state index in [1.54, 1.807) is 6.21 Å². The summed E-state index contributed by atoms with van der Waals surface area (Å²) < 4.78 is 0. The summed E-state index contributed by atoms with van der Waals surface area (Å²) in [7, 11) is 0. The smallest absolute Gasteiger partial charge is 0.163 e. The molecular formula is C31H26N2. The van der Waals surface area contributed by atoms with Crippen LogP contribution in [0.1, 0.15) is 37.8 Å². The molecule has 2 nitrogen and oxygen atoms in total. The molecule has 0 saturated heterocycles. The van der Waals surface area contributed by atoms with Crippen molar-refractivity contribution in [2.75, 3.05) is 0 Å². The summed E-state index contributed by atoms with van der Waals surface area (Å²) in [5.41, 5.74) is 10.7. The van der Waals surface area contributed by atoms with E-state index in [2.05, 4.69) is 103 Å². The summed E-state index contributed by atoms with van der Waals surface area (Å²) in [6.07, 6.45) is 16.1. The van der Waals surface area contributed by atoms with Gasteiger partial charge in [-0.2, -0.15) is 0 Å². The Morgan fingerprint density at radius 1 is 1.15 bits per heavy atom. The molecule has 0 spiro atoms. The molecule has 3 aliphatic rings. The SMILES string of the molecule is CC=N/C1=C(C(=C/C)\C2=C\C=C/CC#CC2)/C=C\C2C#CC1N=C=C=C2c1ccccc1C. The fraction of sp³-hybridized carbons (Fsp3) is 0.226. The second kappa shape index (κ2) is 10.5. The van der Waals surface area contributed by atoms with E-state index in [0.717, 1.165) is 34.4 Å². The second-order valence-electron chi connectivity index (χ2n) is 7.87. The van der Waals surface area contributed by atoms with E-state index in [4.69, 9.17) is 4.99 Å². The molecule has 2 heteroatoms. The van der Waals surface area contributed by atoms with E-state index in [0.29, 0.717) is 6.42 Å². The number of hydrogen-bond donors (Lipinski definition) is 0. The minimum absolute atomic E-state index is 0.108. The maximum atomic E-state index is 4.72. The molecule has 2 bridgehead atoms. The van der Waals surface area contributed by atoms with Gasteiger partial charge in [-0.05, 0) is 48.8 Å². The van der Waals surface area contributed by atoms with Crippen molar-refractivity contribution in [1.82, 2.24) is 0 Å². The zero-order valence-electron chi connectivity index (χ0n) is 19.3. The lowest BCUT2D eigenvalue weighted by molar-refractivity contribution is 0.940. The number of aryl methyl sites for hydroxylation is 1. The number of allylic oxidation sites excluding steroid dienone is 10. The first-order valence-corrected chi connectivity index (χ1v) is 11.3. The molecule has 0 saturated carbocycles. The molecule has 0 radical (unpaired) electrons. The van der Waals surface area contributed by atoms with Crippen LogP contribution in [0.5, 0.6) is 0 Å². The van der Waals surface area contributed by atoms with E-state index in [1.807, 2.05) is 19.1 Å². The van der Waals surface area contributed by atoms with E-state index < -0.39 is 6.04 Å². The fourth-order valence-electron chi connectivity index (χ4n) is 4.12. The average molecular weight is 427 g/mol. The van der Waals surface area contributed by atoms with Gasteiger partial charge in [0.05, 0.1) is 11.6 Å². The molecular weight excluding hydrogens is 400 g/mol. The Morgan fingerprint density at radius 2 is 2.03 bits per heavy atom. The van der Waals surface area contributed by atoms with Gasteiger partial charge >= 0.3 is 0 Å². The lowest BCUT2D eigenvalue weighted by Gasteiger charge is -2.20. The molecule has 1 heterocycles. The Bertz CT molecular complexity index is 1370. The van der Waals surface area contributed by atoms with Crippen LogP contribution < -0.4 is 0 Å². The molecule has 1 aromatic carbocycles. The van der Waals surface area contributed by atoms with Gasteiger partial charge < -0.3 is 0 Å². The van der Waals surface area contributed by atoms with Crippen molar-refractivity contribution in [3.8, 4) is 23.7 Å². The third-order valence-electron chi connectivity index (χ3n) is 5.75. The molecule has 0 aromatic heterocycles. The van der Waals surface area contributed by atoms with Crippen molar-refractivity contribution in [2.24, 2.45) is 15.9 Å². The van der Waals surface area contributed by atoms with E-state index in [-0.39, 0.29) is 5.92 Å². The van der Waals surface area contributed by atoms with Crippen LogP contribution in [0.15, 0.2) is 98.9 Å². The fourth-order valence-corrected chi connectivity index (χ4v) is 4.12. The summed E-state index contributed by atoms with van der Waals surface area (Å²) >= 11 is 0. The van der Waals surface area contributed by atoms with Crippen LogP contribution in [0.3, 0.4) is 0 Å². The summed E-state index contributed by atoms with van der Waals surface area (Å²) in [5.74, 6) is 16.2. The highest BCUT2D eigenvalue weighted by atomic mass is 14.9. The Balaban J connectivity index is 1.89. The normalized spacial score (nSPS) is 27.3. The van der Waals surface area contributed by atoms with Crippen molar-refractivity contribution < 1.29 is 0 Å². The van der Waals surface area contributed by atoms with Gasteiger partial charge in [0.2, 0.25) is 0 Å². The van der Waals surface area contributed by atoms with Crippen molar-refractivity contribution in [1.29, 1.82) is 0 Å². The molecule has 2 atom stereocenters. The van der Waals surface area contributed by atoms with Crippen LogP contribution in [0, 0.1) is 36.5 Å². The van der Waals surface area contributed by atoms with E-state index >= 15 is 0 Å². The van der Waals surface area contributed by atoms with Gasteiger partial charge in [-0.3, -0.25) is 4.99 Å². The predicted molar refractivity (Wildman–Crippen MR) is 139 cm³/mol. The molecule has 0 amide bonds. The average Bonchev–Trinajstić information content (AvgIpc) is 2.77. The lowest BCUT2D eigenvalue weighted by Crippen LogP contribution is -2.13. The first-order chi connectivity index (χ1) is 16.2. The number of fused-ring (bicyclic) bond motifs is 2. The number of benzene rings is 1. The van der Waals surface area contributed by atoms with Crippen molar-refractivity contribution in [3.05, 3.63) is 100.0 Å². The Labute approximate surface area is 196 Å². The second-order valence-corrected chi connectivity index (χ2v) is 7.87. The maximum absolute atomic E-state index is 4.72. The van der Waals surface area contributed by atoms with Gasteiger partial charge in [0.15, 0.2) is 6.04 Å². The summed E-state index contributed by atoms with van der Waals surface area (Å²) in [6, 6.07) is 7.90. The first-order valence-electron chi connectivity index (χ1n) is 11.3.